The fraction of sp³-hybridized carbons (Fsp3) is 0.833. The Balaban J connectivity index is 1.47. The summed E-state index contributed by atoms with van der Waals surface area (Å²) >= 11 is 0. The van der Waals surface area contributed by atoms with Crippen molar-refractivity contribution >= 4 is 11.5 Å². The van der Waals surface area contributed by atoms with Gasteiger partial charge in [-0.25, -0.2) is 4.39 Å². The highest BCUT2D eigenvalue weighted by atomic mass is 19.1. The van der Waals surface area contributed by atoms with Crippen LogP contribution in [-0.2, 0) is 9.63 Å². The van der Waals surface area contributed by atoms with Crippen molar-refractivity contribution in [1.29, 1.82) is 0 Å². The molecule has 5 unspecified atom stereocenters. The number of aliphatic hydroxyl groups is 2. The second-order valence-corrected chi connectivity index (χ2v) is 10.9. The van der Waals surface area contributed by atoms with Crippen LogP contribution >= 0.6 is 0 Å². The molecule has 0 aromatic carbocycles. The van der Waals surface area contributed by atoms with Crippen molar-refractivity contribution in [2.45, 2.75) is 70.8 Å². The number of rotatable bonds is 3. The molecule has 0 spiro atoms. The number of carbonyl (C=O) groups is 1. The third-order valence-electron chi connectivity index (χ3n) is 9.47. The lowest BCUT2D eigenvalue weighted by molar-refractivity contribution is -0.146. The molecule has 6 nitrogen and oxygen atoms in total. The molecular formula is C24H35FN2O4. The van der Waals surface area contributed by atoms with Gasteiger partial charge >= 0.3 is 0 Å². The molecule has 1 aliphatic heterocycles. The molecule has 3 saturated carbocycles. The number of nitrogens with zero attached hydrogens (tertiary/aromatic N) is 1. The molecule has 9 atom stereocenters. The largest absolute Gasteiger partial charge is 0.396 e. The van der Waals surface area contributed by atoms with E-state index in [2.05, 4.69) is 17.4 Å². The average Bonchev–Trinajstić information content (AvgIpc) is 3.35. The standard InChI is InChI=1S/C24H35FN2O4/c1-23-6-3-13(27-31-14-5-8-26-11-14)9-17(23)15(12-28)21(29)20-16(23)4-7-24(2)18(20)10-19(25)22(24)30/h9,14-16,18-21,26,28-29H,3-8,10-12H2,1-2H3/b27-13+/t14?,15-,16?,18?,19?,20?,21-,23-,24+/m1/s1. The lowest BCUT2D eigenvalue weighted by Gasteiger charge is -2.60. The van der Waals surface area contributed by atoms with Crippen molar-refractivity contribution in [1.82, 2.24) is 5.32 Å². The molecule has 0 aromatic heterocycles. The summed E-state index contributed by atoms with van der Waals surface area (Å²) in [6.07, 6.45) is 4.21. The number of nitrogens with one attached hydrogen (secondary N) is 1. The Labute approximate surface area is 183 Å². The fourth-order valence-electron chi connectivity index (χ4n) is 7.64. The van der Waals surface area contributed by atoms with Gasteiger partial charge in [0.05, 0.1) is 18.4 Å². The summed E-state index contributed by atoms with van der Waals surface area (Å²) in [5.74, 6) is -0.853. The highest BCUT2D eigenvalue weighted by Gasteiger charge is 2.65. The monoisotopic (exact) mass is 434 g/mol. The van der Waals surface area contributed by atoms with E-state index in [1.165, 1.54) is 0 Å². The number of halogens is 1. The van der Waals surface area contributed by atoms with Crippen LogP contribution in [-0.4, -0.2) is 59.8 Å². The van der Waals surface area contributed by atoms with Gasteiger partial charge in [0.25, 0.3) is 0 Å². The number of hydrogen-bond acceptors (Lipinski definition) is 6. The Kier molecular flexibility index (Phi) is 5.30. The summed E-state index contributed by atoms with van der Waals surface area (Å²) in [7, 11) is 0. The molecule has 3 N–H and O–H groups in total. The van der Waals surface area contributed by atoms with Gasteiger partial charge in [-0.3, -0.25) is 4.79 Å². The lowest BCUT2D eigenvalue weighted by Crippen LogP contribution is -2.59. The van der Waals surface area contributed by atoms with E-state index in [1.54, 1.807) is 0 Å². The molecule has 5 rings (SSSR count). The van der Waals surface area contributed by atoms with Crippen LogP contribution in [0.1, 0.15) is 52.4 Å². The van der Waals surface area contributed by atoms with Crippen LogP contribution in [0.2, 0.25) is 0 Å². The predicted octanol–water partition coefficient (Wildman–Crippen LogP) is 2.39. The fourth-order valence-corrected chi connectivity index (χ4v) is 7.64. The van der Waals surface area contributed by atoms with E-state index in [-0.39, 0.29) is 48.1 Å². The van der Waals surface area contributed by atoms with E-state index < -0.39 is 23.6 Å². The highest BCUT2D eigenvalue weighted by Crippen LogP contribution is 2.65. The van der Waals surface area contributed by atoms with Crippen molar-refractivity contribution < 1.29 is 24.2 Å². The lowest BCUT2D eigenvalue weighted by atomic mass is 9.45. The van der Waals surface area contributed by atoms with E-state index in [1.807, 2.05) is 13.0 Å². The van der Waals surface area contributed by atoms with Gasteiger partial charge in [0.15, 0.2) is 12.0 Å². The predicted molar refractivity (Wildman–Crippen MR) is 114 cm³/mol. The van der Waals surface area contributed by atoms with Gasteiger partial charge in [-0.2, -0.15) is 0 Å². The van der Waals surface area contributed by atoms with Crippen molar-refractivity contribution in [2.75, 3.05) is 19.7 Å². The van der Waals surface area contributed by atoms with Gasteiger partial charge in [0.2, 0.25) is 0 Å². The Morgan fingerprint density at radius 2 is 2.06 bits per heavy atom. The third-order valence-corrected chi connectivity index (χ3v) is 9.47. The van der Waals surface area contributed by atoms with Crippen LogP contribution in [0.15, 0.2) is 16.8 Å². The van der Waals surface area contributed by atoms with Gasteiger partial charge in [-0.15, -0.1) is 0 Å². The van der Waals surface area contributed by atoms with Crippen molar-refractivity contribution in [3.8, 4) is 0 Å². The van der Waals surface area contributed by atoms with Crippen molar-refractivity contribution in [3.05, 3.63) is 11.6 Å². The van der Waals surface area contributed by atoms with Crippen LogP contribution in [0.3, 0.4) is 0 Å². The number of hydrogen-bond donors (Lipinski definition) is 3. The second-order valence-electron chi connectivity index (χ2n) is 10.9. The quantitative estimate of drug-likeness (QED) is 0.594. The zero-order valence-corrected chi connectivity index (χ0v) is 18.5. The summed E-state index contributed by atoms with van der Waals surface area (Å²) in [4.78, 5) is 18.4. The van der Waals surface area contributed by atoms with Gasteiger partial charge in [0, 0.05) is 24.3 Å². The first-order valence-corrected chi connectivity index (χ1v) is 11.9. The van der Waals surface area contributed by atoms with Crippen LogP contribution in [0.25, 0.3) is 0 Å². The Morgan fingerprint density at radius 1 is 1.26 bits per heavy atom. The van der Waals surface area contributed by atoms with Crippen LogP contribution in [0.4, 0.5) is 4.39 Å². The summed E-state index contributed by atoms with van der Waals surface area (Å²) in [5, 5.41) is 29.4. The number of alkyl halides is 1. The average molecular weight is 435 g/mol. The minimum Gasteiger partial charge on any atom is -0.396 e. The molecule has 0 aromatic rings. The molecule has 1 heterocycles. The van der Waals surface area contributed by atoms with E-state index in [4.69, 9.17) is 4.84 Å². The maximum atomic E-state index is 14.5. The molecule has 7 heteroatoms. The first-order valence-electron chi connectivity index (χ1n) is 11.9. The Hall–Kier alpha value is -1.31. The molecule has 0 bridgehead atoms. The van der Waals surface area contributed by atoms with Gasteiger partial charge in [-0.1, -0.05) is 24.6 Å². The third kappa shape index (κ3) is 3.14. The Morgan fingerprint density at radius 3 is 2.77 bits per heavy atom. The maximum Gasteiger partial charge on any atom is 0.173 e. The zero-order chi connectivity index (χ0) is 22.0. The minimum atomic E-state index is -1.43. The van der Waals surface area contributed by atoms with Crippen molar-refractivity contribution in [3.63, 3.8) is 0 Å². The molecule has 5 aliphatic rings. The number of Topliss-reactive ketones (excluding diaryl/α,β-unsaturated/α-hetero) is 1. The zero-order valence-electron chi connectivity index (χ0n) is 18.5. The summed E-state index contributed by atoms with van der Waals surface area (Å²) in [6, 6.07) is 0. The minimum absolute atomic E-state index is 0.0961. The molecule has 1 saturated heterocycles. The topological polar surface area (TPSA) is 91.2 Å². The molecule has 4 fully saturated rings. The first kappa shape index (κ1) is 21.5. The number of fused-ring (bicyclic) bond motifs is 5. The van der Waals surface area contributed by atoms with Gasteiger partial charge in [-0.05, 0) is 67.9 Å². The Bertz CT molecular complexity index is 809. The van der Waals surface area contributed by atoms with E-state index in [0.717, 1.165) is 50.1 Å². The van der Waals surface area contributed by atoms with Crippen LogP contribution < -0.4 is 5.32 Å². The van der Waals surface area contributed by atoms with Crippen LogP contribution in [0, 0.1) is 34.5 Å². The molecular weight excluding hydrogens is 399 g/mol. The number of allylic oxidation sites excluding steroid dienone is 1. The van der Waals surface area contributed by atoms with Gasteiger partial charge in [0.1, 0.15) is 6.10 Å². The van der Waals surface area contributed by atoms with Gasteiger partial charge < -0.3 is 20.4 Å². The molecule has 0 amide bonds. The normalized spacial score (nSPS) is 50.6. The first-order chi connectivity index (χ1) is 14.8. The summed E-state index contributed by atoms with van der Waals surface area (Å²) < 4.78 is 14.5. The van der Waals surface area contributed by atoms with Crippen LogP contribution in [0.5, 0.6) is 0 Å². The molecule has 4 aliphatic carbocycles. The molecule has 0 radical (unpaired) electrons. The number of carbonyl (C=O) groups excluding carboxylic acids is 1. The van der Waals surface area contributed by atoms with Crippen molar-refractivity contribution in [2.24, 2.45) is 39.7 Å². The summed E-state index contributed by atoms with van der Waals surface area (Å²) in [5.41, 5.74) is 1.03. The van der Waals surface area contributed by atoms with E-state index >= 15 is 0 Å². The SMILES string of the molecule is C[C@]12CC/C(=N\OC3CCNC3)C=C1[C@@H](CO)[C@@H](O)C1C2CC[C@]2(C)C(=O)C(F)CC12. The number of ketones is 1. The highest BCUT2D eigenvalue weighted by molar-refractivity contribution is 5.96. The van der Waals surface area contributed by atoms with E-state index in [0.29, 0.717) is 6.42 Å². The number of oxime groups is 1. The van der Waals surface area contributed by atoms with E-state index in [9.17, 15) is 19.4 Å². The molecule has 31 heavy (non-hydrogen) atoms. The second kappa shape index (κ2) is 7.63. The molecule has 172 valence electrons. The number of aliphatic hydroxyl groups excluding tert-OH is 2. The maximum absolute atomic E-state index is 14.5. The summed E-state index contributed by atoms with van der Waals surface area (Å²) in [6.45, 7) is 5.71. The smallest absolute Gasteiger partial charge is 0.173 e.